The van der Waals surface area contributed by atoms with Gasteiger partial charge in [-0.3, -0.25) is 4.55 Å². The molecule has 0 saturated heterocycles. The normalized spacial score (nSPS) is 37.8. The Morgan fingerprint density at radius 1 is 1.00 bits per heavy atom. The van der Waals surface area contributed by atoms with Gasteiger partial charge in [0.25, 0.3) is 10.1 Å². The van der Waals surface area contributed by atoms with Crippen LogP contribution < -0.4 is 0 Å². The number of aryl methyl sites for hydroxylation is 1. The molecule has 3 saturated carbocycles. The molecule has 3 nitrogen and oxygen atoms in total. The van der Waals surface area contributed by atoms with E-state index in [-0.39, 0.29) is 16.2 Å². The van der Waals surface area contributed by atoms with Crippen LogP contribution in [0.2, 0.25) is 0 Å². The van der Waals surface area contributed by atoms with Crippen LogP contribution in [0.3, 0.4) is 0 Å². The summed E-state index contributed by atoms with van der Waals surface area (Å²) >= 11 is 0. The first-order valence-corrected chi connectivity index (χ1v) is 17.1. The van der Waals surface area contributed by atoms with Gasteiger partial charge in [-0.1, -0.05) is 83.2 Å². The van der Waals surface area contributed by atoms with Crippen LogP contribution in [-0.4, -0.2) is 13.0 Å². The van der Waals surface area contributed by atoms with E-state index in [9.17, 15) is 13.0 Å². The average molecular weight is 541 g/mol. The van der Waals surface area contributed by atoms with Crippen LogP contribution in [0, 0.1) is 53.3 Å². The Labute approximate surface area is 233 Å². The Hall–Kier alpha value is -1.13. The number of allylic oxidation sites excluding steroid dienone is 2. The summed E-state index contributed by atoms with van der Waals surface area (Å²) in [7, 11) is -4.22. The second kappa shape index (κ2) is 10.4. The van der Waals surface area contributed by atoms with Gasteiger partial charge in [0.05, 0.1) is 4.90 Å². The molecule has 0 aliphatic heterocycles. The fourth-order valence-corrected chi connectivity index (χ4v) is 10.9. The molecule has 4 aliphatic rings. The van der Waals surface area contributed by atoms with E-state index in [1.807, 2.05) is 13.0 Å². The summed E-state index contributed by atoms with van der Waals surface area (Å²) in [6.45, 7) is 14.5. The van der Waals surface area contributed by atoms with Gasteiger partial charge in [-0.15, -0.1) is 0 Å². The van der Waals surface area contributed by atoms with Gasteiger partial charge in [-0.2, -0.15) is 8.42 Å². The van der Waals surface area contributed by atoms with Crippen molar-refractivity contribution in [1.82, 2.24) is 0 Å². The number of fused-ring (bicyclic) bond motifs is 5. The maximum absolute atomic E-state index is 12.2. The molecule has 3 fully saturated rings. The van der Waals surface area contributed by atoms with Gasteiger partial charge < -0.3 is 0 Å². The zero-order valence-corrected chi connectivity index (χ0v) is 25.6. The topological polar surface area (TPSA) is 54.4 Å². The lowest BCUT2D eigenvalue weighted by atomic mass is 9.46. The van der Waals surface area contributed by atoms with E-state index in [1.54, 1.807) is 17.7 Å². The smallest absolute Gasteiger partial charge is 0.282 e. The van der Waals surface area contributed by atoms with Crippen LogP contribution >= 0.6 is 0 Å². The Morgan fingerprint density at radius 3 is 2.47 bits per heavy atom. The van der Waals surface area contributed by atoms with Crippen LogP contribution in [0.4, 0.5) is 0 Å². The monoisotopic (exact) mass is 540 g/mol. The lowest BCUT2D eigenvalue weighted by molar-refractivity contribution is -0.0510. The van der Waals surface area contributed by atoms with Crippen molar-refractivity contribution in [3.63, 3.8) is 0 Å². The van der Waals surface area contributed by atoms with E-state index in [4.69, 9.17) is 0 Å². The third kappa shape index (κ3) is 4.95. The molecule has 4 heteroatoms. The third-order valence-electron chi connectivity index (χ3n) is 12.2. The summed E-state index contributed by atoms with van der Waals surface area (Å²) < 4.78 is 34.3. The van der Waals surface area contributed by atoms with Crippen molar-refractivity contribution < 1.29 is 13.0 Å². The zero-order valence-electron chi connectivity index (χ0n) is 24.8. The van der Waals surface area contributed by atoms with E-state index < -0.39 is 10.1 Å². The van der Waals surface area contributed by atoms with Crippen molar-refractivity contribution in [3.05, 3.63) is 41.0 Å². The molecule has 0 heterocycles. The van der Waals surface area contributed by atoms with Gasteiger partial charge in [-0.25, -0.2) is 0 Å². The van der Waals surface area contributed by atoms with E-state index in [2.05, 4.69) is 40.7 Å². The van der Waals surface area contributed by atoms with Crippen LogP contribution in [0.1, 0.15) is 122 Å². The predicted molar refractivity (Wildman–Crippen MR) is 157 cm³/mol. The van der Waals surface area contributed by atoms with Gasteiger partial charge in [0.1, 0.15) is 0 Å². The minimum absolute atomic E-state index is 0.110. The number of hydrogen-bond donors (Lipinski definition) is 1. The van der Waals surface area contributed by atoms with Gasteiger partial charge in [0.2, 0.25) is 0 Å². The lowest BCUT2D eigenvalue weighted by Crippen LogP contribution is -2.50. The highest BCUT2D eigenvalue weighted by Gasteiger charge is 2.59. The highest BCUT2D eigenvalue weighted by atomic mass is 32.2. The highest BCUT2D eigenvalue weighted by Crippen LogP contribution is 2.68. The average Bonchev–Trinajstić information content (AvgIpc) is 3.19. The molecular formula is C34H52O3S. The highest BCUT2D eigenvalue weighted by molar-refractivity contribution is 7.85. The van der Waals surface area contributed by atoms with Crippen molar-refractivity contribution in [2.45, 2.75) is 123 Å². The summed E-state index contributed by atoms with van der Waals surface area (Å²) in [5.41, 5.74) is 4.18. The maximum Gasteiger partial charge on any atom is 0.294 e. The summed E-state index contributed by atoms with van der Waals surface area (Å²) in [5.74, 6) is 5.12. The molecule has 4 aliphatic carbocycles. The zero-order chi connectivity index (χ0) is 27.5. The maximum atomic E-state index is 12.2. The molecule has 0 spiro atoms. The summed E-state index contributed by atoms with van der Waals surface area (Å²) in [6, 6.07) is 5.39. The molecule has 5 rings (SSSR count). The Bertz CT molecular complexity index is 1170. The second-order valence-corrected chi connectivity index (χ2v) is 16.1. The van der Waals surface area contributed by atoms with Crippen LogP contribution in [0.5, 0.6) is 0 Å². The fourth-order valence-electron chi connectivity index (χ4n) is 10.2. The van der Waals surface area contributed by atoms with Crippen molar-refractivity contribution in [2.75, 3.05) is 0 Å². The van der Waals surface area contributed by atoms with E-state index >= 15 is 0 Å². The predicted octanol–water partition coefficient (Wildman–Crippen LogP) is 9.37. The number of benzene rings is 1. The van der Waals surface area contributed by atoms with Crippen molar-refractivity contribution in [1.29, 1.82) is 0 Å². The molecule has 0 aromatic heterocycles. The van der Waals surface area contributed by atoms with Crippen molar-refractivity contribution in [3.8, 4) is 0 Å². The van der Waals surface area contributed by atoms with Crippen LogP contribution in [-0.2, 0) is 10.1 Å². The van der Waals surface area contributed by atoms with Crippen LogP contribution in [0.15, 0.2) is 34.7 Å². The molecule has 8 atom stereocenters. The summed E-state index contributed by atoms with van der Waals surface area (Å²) in [4.78, 5) is 0.110. The first-order valence-electron chi connectivity index (χ1n) is 15.6. The van der Waals surface area contributed by atoms with E-state index in [0.29, 0.717) is 5.41 Å². The minimum Gasteiger partial charge on any atom is -0.282 e. The quantitative estimate of drug-likeness (QED) is 0.277. The molecule has 1 N–H and O–H groups in total. The molecule has 0 bridgehead atoms. The first-order chi connectivity index (χ1) is 17.8. The van der Waals surface area contributed by atoms with E-state index in [0.717, 1.165) is 65.9 Å². The fraction of sp³-hybridized carbons (Fsp3) is 0.765. The molecule has 1 aromatic rings. The van der Waals surface area contributed by atoms with E-state index in [1.165, 1.54) is 51.4 Å². The molecule has 38 heavy (non-hydrogen) atoms. The van der Waals surface area contributed by atoms with Gasteiger partial charge in [0.15, 0.2) is 0 Å². The van der Waals surface area contributed by atoms with Crippen molar-refractivity contribution >= 4 is 10.1 Å². The molecule has 212 valence electrons. The third-order valence-corrected chi connectivity index (χ3v) is 13.1. The molecule has 0 radical (unpaired) electrons. The Morgan fingerprint density at radius 2 is 1.76 bits per heavy atom. The Balaban J connectivity index is 1.35. The molecule has 0 amide bonds. The largest absolute Gasteiger partial charge is 0.294 e. The van der Waals surface area contributed by atoms with Gasteiger partial charge in [-0.05, 0) is 122 Å². The van der Waals surface area contributed by atoms with Crippen molar-refractivity contribution in [2.24, 2.45) is 46.3 Å². The first kappa shape index (κ1) is 28.4. The second-order valence-electron chi connectivity index (χ2n) is 14.7. The standard InChI is InChI=1S/C34H52O3S/c1-22(2)8-7-9-24(4)29-13-14-30-27-12-11-26-21-25(28-20-23(3)10-15-32(28)38(35,36)37)16-18-33(26,5)31(27)17-19-34(29,30)6/h10-11,15,20,22,24-25,27,29-31H,7-9,12-14,16-19,21H2,1-6H3,(H,35,36,37)/t24-,25?,27?,29-,30?,31?,33+,34-/m1/s1. The molecular weight excluding hydrogens is 488 g/mol. The number of rotatable bonds is 7. The SMILES string of the molecule is Cc1ccc(S(=O)(=O)O)c(C2CC[C@@]3(C)C(=CCC4C3CC[C@@]3(C)C4CC[C@@H]3[C@H](C)CCCC(C)C)C2)c1. The van der Waals surface area contributed by atoms with Gasteiger partial charge >= 0.3 is 0 Å². The van der Waals surface area contributed by atoms with Gasteiger partial charge in [0, 0.05) is 0 Å². The molecule has 4 unspecified atom stereocenters. The minimum atomic E-state index is -4.22. The van der Waals surface area contributed by atoms with Crippen LogP contribution in [0.25, 0.3) is 0 Å². The summed E-state index contributed by atoms with van der Waals surface area (Å²) in [6.07, 6.45) is 16.6. The number of hydrogen-bond acceptors (Lipinski definition) is 2. The Kier molecular flexibility index (Phi) is 7.75. The summed E-state index contributed by atoms with van der Waals surface area (Å²) in [5, 5.41) is 0. The lowest BCUT2D eigenvalue weighted by Gasteiger charge is -2.58. The molecule has 1 aromatic carbocycles.